The number of nitrogens with zero attached hydrogens (tertiary/aromatic N) is 2. The van der Waals surface area contributed by atoms with Gasteiger partial charge in [0.1, 0.15) is 0 Å². The van der Waals surface area contributed by atoms with Gasteiger partial charge in [0, 0.05) is 25.2 Å². The van der Waals surface area contributed by atoms with E-state index < -0.39 is 0 Å². The third-order valence-corrected chi connectivity index (χ3v) is 5.74. The van der Waals surface area contributed by atoms with E-state index in [-0.39, 0.29) is 30.4 Å². The number of carbonyl (C=O) groups is 3. The maximum Gasteiger partial charge on any atom is 0.333 e. The van der Waals surface area contributed by atoms with E-state index in [1.165, 1.54) is 37.3 Å². The highest BCUT2D eigenvalue weighted by atomic mass is 16.5. The normalized spacial score (nSPS) is 17.1. The number of amides is 2. The number of rotatable bonds is 10. The van der Waals surface area contributed by atoms with Crippen molar-refractivity contribution in [2.24, 2.45) is 17.8 Å². The monoisotopic (exact) mass is 497 g/mol. The van der Waals surface area contributed by atoms with Crippen molar-refractivity contribution in [2.45, 2.75) is 101 Å². The minimum atomic E-state index is -0.384. The number of nitrogens with one attached hydrogen (secondary N) is 1. The van der Waals surface area contributed by atoms with E-state index in [0.717, 1.165) is 17.9 Å². The molecule has 0 aromatic heterocycles. The lowest BCUT2D eigenvalue weighted by molar-refractivity contribution is -0.138. The highest BCUT2D eigenvalue weighted by Gasteiger charge is 2.22. The number of likely N-dealkylation sites (tertiary alicyclic amines) is 1. The minimum absolute atomic E-state index is 0.0600. The predicted molar refractivity (Wildman–Crippen MR) is 146 cm³/mol. The molecule has 0 unspecified atom stereocenters. The number of likely N-dealkylation sites (N-methyl/N-ethyl adjacent to an activating group) is 1. The van der Waals surface area contributed by atoms with Gasteiger partial charge in [-0.2, -0.15) is 0 Å². The molecule has 0 saturated carbocycles. The van der Waals surface area contributed by atoms with Gasteiger partial charge in [0.2, 0.25) is 12.3 Å². The van der Waals surface area contributed by atoms with E-state index in [0.29, 0.717) is 18.6 Å². The van der Waals surface area contributed by atoms with Crippen LogP contribution in [0.25, 0.3) is 0 Å². The van der Waals surface area contributed by atoms with Gasteiger partial charge >= 0.3 is 5.97 Å². The van der Waals surface area contributed by atoms with Crippen LogP contribution in [0.15, 0.2) is 11.6 Å². The Labute approximate surface area is 216 Å². The number of esters is 1. The first kappa shape index (κ1) is 35.3. The van der Waals surface area contributed by atoms with Crippen molar-refractivity contribution >= 4 is 18.3 Å². The Morgan fingerprint density at radius 3 is 2.11 bits per heavy atom. The zero-order valence-corrected chi connectivity index (χ0v) is 24.5. The van der Waals surface area contributed by atoms with Crippen molar-refractivity contribution < 1.29 is 19.1 Å². The molecule has 206 valence electrons. The summed E-state index contributed by atoms with van der Waals surface area (Å²) in [6.07, 6.45) is 6.44. The second-order valence-electron chi connectivity index (χ2n) is 10.5. The van der Waals surface area contributed by atoms with E-state index in [1.54, 1.807) is 27.0 Å². The molecule has 1 heterocycles. The molecule has 1 aliphatic rings. The van der Waals surface area contributed by atoms with E-state index >= 15 is 0 Å². The van der Waals surface area contributed by atoms with Crippen LogP contribution < -0.4 is 5.32 Å². The Morgan fingerprint density at radius 1 is 1.11 bits per heavy atom. The average Bonchev–Trinajstić information content (AvgIpc) is 2.80. The number of carbonyl (C=O) groups excluding carboxylic acids is 3. The molecular formula is C28H55N3O4. The maximum absolute atomic E-state index is 11.9. The molecule has 0 bridgehead atoms. The van der Waals surface area contributed by atoms with Gasteiger partial charge in [0.25, 0.3) is 0 Å². The maximum atomic E-state index is 11.9. The lowest BCUT2D eigenvalue weighted by atomic mass is 9.95. The first-order chi connectivity index (χ1) is 16.3. The van der Waals surface area contributed by atoms with Crippen LogP contribution in [-0.4, -0.2) is 73.5 Å². The van der Waals surface area contributed by atoms with E-state index in [4.69, 9.17) is 4.74 Å². The Hall–Kier alpha value is -1.89. The molecule has 2 atom stereocenters. The van der Waals surface area contributed by atoms with Gasteiger partial charge < -0.3 is 19.9 Å². The molecule has 2 amide bonds. The summed E-state index contributed by atoms with van der Waals surface area (Å²) >= 11 is 0. The lowest BCUT2D eigenvalue weighted by Gasteiger charge is -2.34. The summed E-state index contributed by atoms with van der Waals surface area (Å²) in [5.74, 6) is 1.34. The molecule has 0 spiro atoms. The van der Waals surface area contributed by atoms with Gasteiger partial charge in [-0.1, -0.05) is 54.0 Å². The smallest absolute Gasteiger partial charge is 0.333 e. The highest BCUT2D eigenvalue weighted by molar-refractivity contribution is 5.88. The van der Waals surface area contributed by atoms with Gasteiger partial charge in [-0.15, -0.1) is 0 Å². The zero-order valence-electron chi connectivity index (χ0n) is 24.5. The molecule has 0 aliphatic carbocycles. The highest BCUT2D eigenvalue weighted by Crippen LogP contribution is 2.20. The number of hydrogen-bond acceptors (Lipinski definition) is 5. The fraction of sp³-hybridized carbons (Fsp3) is 0.821. The van der Waals surface area contributed by atoms with Crippen LogP contribution in [0.3, 0.4) is 0 Å². The second-order valence-corrected chi connectivity index (χ2v) is 10.5. The topological polar surface area (TPSA) is 79.0 Å². The molecular weight excluding hydrogens is 442 g/mol. The lowest BCUT2D eigenvalue weighted by Crippen LogP contribution is -2.43. The van der Waals surface area contributed by atoms with Crippen molar-refractivity contribution in [2.75, 3.05) is 33.3 Å². The molecule has 0 radical (unpaired) electrons. The van der Waals surface area contributed by atoms with Crippen molar-refractivity contribution in [1.29, 1.82) is 0 Å². The quantitative estimate of drug-likeness (QED) is 0.264. The van der Waals surface area contributed by atoms with Crippen molar-refractivity contribution in [3.8, 4) is 0 Å². The summed E-state index contributed by atoms with van der Waals surface area (Å²) in [5.41, 5.74) is 0.466. The fourth-order valence-electron chi connectivity index (χ4n) is 3.64. The Balaban J connectivity index is 0. The van der Waals surface area contributed by atoms with Crippen LogP contribution in [-0.2, 0) is 19.1 Å². The standard InChI is InChI=1S/C14H24N2O4.C10H21N.C4H10/c1-6-20-14(19)11(4)7-12(10(2)3)16(5)13(18)8-15-9-17;1-4-10-6-5-7-11(8-10)9(2)3;1-4(2)3/h7,9-10,12H,6,8H2,1-5H3,(H,15,17);9-10H,4-8H2,1-3H3;4H,1-3H3/b11-7+;;/t12-;10-;/m10./s1. The third kappa shape index (κ3) is 17.2. The molecule has 35 heavy (non-hydrogen) atoms. The van der Waals surface area contributed by atoms with Crippen molar-refractivity contribution in [3.63, 3.8) is 0 Å². The molecule has 7 nitrogen and oxygen atoms in total. The number of piperidine rings is 1. The summed E-state index contributed by atoms with van der Waals surface area (Å²) in [4.78, 5) is 37.8. The van der Waals surface area contributed by atoms with Crippen molar-refractivity contribution in [3.05, 3.63) is 11.6 Å². The molecule has 1 aliphatic heterocycles. The van der Waals surface area contributed by atoms with Gasteiger partial charge in [0.05, 0.1) is 19.2 Å². The average molecular weight is 498 g/mol. The number of hydrogen-bond donors (Lipinski definition) is 1. The fourth-order valence-corrected chi connectivity index (χ4v) is 3.64. The molecule has 1 rings (SSSR count). The van der Waals surface area contributed by atoms with E-state index in [9.17, 15) is 14.4 Å². The Bertz CT molecular complexity index is 615. The minimum Gasteiger partial charge on any atom is -0.463 e. The SMILES string of the molecule is CC(C)C.CCOC(=O)/C(C)=C/[C@H](C(C)C)N(C)C(=O)CNC=O.CC[C@H]1CCCN(C(C)C)C1. The summed E-state index contributed by atoms with van der Waals surface area (Å²) in [7, 11) is 1.65. The van der Waals surface area contributed by atoms with Crippen LogP contribution in [0, 0.1) is 17.8 Å². The van der Waals surface area contributed by atoms with Crippen LogP contribution in [0.1, 0.15) is 88.5 Å². The number of ether oxygens (including phenoxy) is 1. The van der Waals surface area contributed by atoms with E-state index in [1.807, 2.05) is 13.8 Å². The van der Waals surface area contributed by atoms with E-state index in [2.05, 4.69) is 51.8 Å². The summed E-state index contributed by atoms with van der Waals surface area (Å²) in [5, 5.41) is 2.34. The Morgan fingerprint density at radius 2 is 1.69 bits per heavy atom. The van der Waals surface area contributed by atoms with Crippen LogP contribution in [0.2, 0.25) is 0 Å². The zero-order chi connectivity index (χ0) is 27.6. The summed E-state index contributed by atoms with van der Waals surface area (Å²) in [6.45, 7) is 23.7. The third-order valence-electron chi connectivity index (χ3n) is 5.74. The summed E-state index contributed by atoms with van der Waals surface area (Å²) in [6, 6.07) is 0.518. The molecule has 1 saturated heterocycles. The van der Waals surface area contributed by atoms with Gasteiger partial charge in [-0.25, -0.2) is 4.79 Å². The van der Waals surface area contributed by atoms with Crippen molar-refractivity contribution in [1.82, 2.24) is 15.1 Å². The van der Waals surface area contributed by atoms with Crippen LogP contribution >= 0.6 is 0 Å². The molecule has 0 aromatic rings. The molecule has 7 heteroatoms. The first-order valence-corrected chi connectivity index (χ1v) is 13.3. The largest absolute Gasteiger partial charge is 0.463 e. The second kappa shape index (κ2) is 20.3. The molecule has 0 aromatic carbocycles. The molecule has 1 N–H and O–H groups in total. The van der Waals surface area contributed by atoms with Crippen LogP contribution in [0.5, 0.6) is 0 Å². The summed E-state index contributed by atoms with van der Waals surface area (Å²) < 4.78 is 4.92. The van der Waals surface area contributed by atoms with Gasteiger partial charge in [-0.3, -0.25) is 9.59 Å². The van der Waals surface area contributed by atoms with Gasteiger partial charge in [-0.05, 0) is 64.8 Å². The molecule has 1 fully saturated rings. The first-order valence-electron chi connectivity index (χ1n) is 13.3. The van der Waals surface area contributed by atoms with Crippen LogP contribution in [0.4, 0.5) is 0 Å². The van der Waals surface area contributed by atoms with Gasteiger partial charge in [0.15, 0.2) is 0 Å². The predicted octanol–water partition coefficient (Wildman–Crippen LogP) is 4.90. The Kier molecular flexibility index (Phi) is 20.5.